The molecule has 0 aromatic carbocycles. The van der Waals surface area contributed by atoms with E-state index >= 15 is 0 Å². The molecule has 2 N–H and O–H groups in total. The van der Waals surface area contributed by atoms with Crippen molar-refractivity contribution in [1.82, 2.24) is 29.7 Å². The predicted molar refractivity (Wildman–Crippen MR) is 149 cm³/mol. The first-order valence-corrected chi connectivity index (χ1v) is 13.4. The average Bonchev–Trinajstić information content (AvgIpc) is 3.58. The lowest BCUT2D eigenvalue weighted by atomic mass is 10.2. The van der Waals surface area contributed by atoms with Crippen LogP contribution in [0.15, 0.2) is 24.5 Å². The highest BCUT2D eigenvalue weighted by atomic mass is 32.1. The molecule has 0 atom stereocenters. The SMILES string of the molecule is C#C.Cc1c(CN2CCN(C(=O)CO)CC2)sc2c(N3CCOCC3)nc(-c3cnc4[nH]ccc4c3)nc12. The summed E-state index contributed by atoms with van der Waals surface area (Å²) in [5.74, 6) is 1.45. The van der Waals surface area contributed by atoms with Crippen molar-refractivity contribution in [2.24, 2.45) is 0 Å². The maximum absolute atomic E-state index is 11.8. The summed E-state index contributed by atoms with van der Waals surface area (Å²) in [6, 6.07) is 4.09. The van der Waals surface area contributed by atoms with E-state index in [0.717, 1.165) is 65.4 Å². The van der Waals surface area contributed by atoms with E-state index in [4.69, 9.17) is 19.8 Å². The molecule has 0 bridgehead atoms. The molecule has 2 aliphatic rings. The zero-order valence-corrected chi connectivity index (χ0v) is 22.2. The Morgan fingerprint density at radius 3 is 2.66 bits per heavy atom. The van der Waals surface area contributed by atoms with E-state index in [0.29, 0.717) is 32.1 Å². The molecule has 6 heterocycles. The molecule has 198 valence electrons. The van der Waals surface area contributed by atoms with Gasteiger partial charge in [0.15, 0.2) is 11.6 Å². The van der Waals surface area contributed by atoms with Gasteiger partial charge in [0.2, 0.25) is 5.91 Å². The monoisotopic (exact) mass is 533 g/mol. The number of thiophene rings is 1. The van der Waals surface area contributed by atoms with Gasteiger partial charge in [-0.2, -0.15) is 0 Å². The molecule has 10 nitrogen and oxygen atoms in total. The van der Waals surface area contributed by atoms with Crippen LogP contribution in [0.5, 0.6) is 0 Å². The summed E-state index contributed by atoms with van der Waals surface area (Å²) < 4.78 is 6.71. The van der Waals surface area contributed by atoms with Gasteiger partial charge in [0.05, 0.1) is 23.4 Å². The first-order valence-electron chi connectivity index (χ1n) is 12.6. The lowest BCUT2D eigenvalue weighted by Crippen LogP contribution is -2.49. The summed E-state index contributed by atoms with van der Waals surface area (Å²) in [6.45, 7) is 8.36. The van der Waals surface area contributed by atoms with Crippen LogP contribution in [0, 0.1) is 19.8 Å². The first kappa shape index (κ1) is 26.1. The second-order valence-corrected chi connectivity index (χ2v) is 10.4. The molecular formula is C27H31N7O3S. The lowest BCUT2D eigenvalue weighted by Gasteiger charge is -2.34. The quantitative estimate of drug-likeness (QED) is 0.376. The van der Waals surface area contributed by atoms with Gasteiger partial charge in [0, 0.05) is 74.0 Å². The number of nitrogens with zero attached hydrogens (tertiary/aromatic N) is 6. The second kappa shape index (κ2) is 11.4. The van der Waals surface area contributed by atoms with E-state index in [2.05, 4.69) is 45.6 Å². The fourth-order valence-electron chi connectivity index (χ4n) is 4.91. The molecule has 4 aromatic heterocycles. The molecule has 38 heavy (non-hydrogen) atoms. The highest BCUT2D eigenvalue weighted by Crippen LogP contribution is 2.38. The highest BCUT2D eigenvalue weighted by Gasteiger charge is 2.25. The number of anilines is 1. The van der Waals surface area contributed by atoms with Gasteiger partial charge in [-0.05, 0) is 24.6 Å². The van der Waals surface area contributed by atoms with Crippen molar-refractivity contribution >= 4 is 44.3 Å². The average molecular weight is 534 g/mol. The summed E-state index contributed by atoms with van der Waals surface area (Å²) in [5, 5.41) is 10.2. The third-order valence-corrected chi connectivity index (χ3v) is 8.30. The minimum Gasteiger partial charge on any atom is -0.387 e. The van der Waals surface area contributed by atoms with Crippen LogP contribution in [-0.4, -0.2) is 99.8 Å². The van der Waals surface area contributed by atoms with Crippen molar-refractivity contribution in [3.63, 3.8) is 0 Å². The van der Waals surface area contributed by atoms with Crippen LogP contribution >= 0.6 is 11.3 Å². The number of aryl methyl sites for hydroxylation is 1. The first-order chi connectivity index (χ1) is 18.6. The van der Waals surface area contributed by atoms with Crippen LogP contribution in [0.2, 0.25) is 0 Å². The number of nitrogens with one attached hydrogen (secondary N) is 1. The number of terminal acetylenes is 1. The number of aromatic nitrogens is 4. The summed E-state index contributed by atoms with van der Waals surface area (Å²) >= 11 is 1.77. The molecule has 2 fully saturated rings. The number of aliphatic hydroxyl groups is 1. The number of aromatic amines is 1. The van der Waals surface area contributed by atoms with Gasteiger partial charge in [0.25, 0.3) is 0 Å². The zero-order valence-electron chi connectivity index (χ0n) is 21.4. The van der Waals surface area contributed by atoms with Crippen molar-refractivity contribution in [3.8, 4) is 24.2 Å². The largest absolute Gasteiger partial charge is 0.387 e. The van der Waals surface area contributed by atoms with Crippen LogP contribution < -0.4 is 4.90 Å². The maximum Gasteiger partial charge on any atom is 0.248 e. The fraction of sp³-hybridized carbons (Fsp3) is 0.407. The number of ether oxygens (including phenoxy) is 1. The number of pyridine rings is 1. The van der Waals surface area contributed by atoms with Crippen molar-refractivity contribution in [2.45, 2.75) is 13.5 Å². The van der Waals surface area contributed by atoms with Crippen molar-refractivity contribution < 1.29 is 14.6 Å². The van der Waals surface area contributed by atoms with Crippen LogP contribution in [0.3, 0.4) is 0 Å². The third-order valence-electron chi connectivity index (χ3n) is 7.04. The van der Waals surface area contributed by atoms with Crippen molar-refractivity contribution in [1.29, 1.82) is 0 Å². The number of H-pyrrole nitrogens is 1. The smallest absolute Gasteiger partial charge is 0.248 e. The molecule has 0 unspecified atom stereocenters. The van der Waals surface area contributed by atoms with Gasteiger partial charge >= 0.3 is 0 Å². The summed E-state index contributed by atoms with van der Waals surface area (Å²) in [7, 11) is 0. The van der Waals surface area contributed by atoms with Gasteiger partial charge < -0.3 is 24.6 Å². The Hall–Kier alpha value is -3.56. The topological polar surface area (TPSA) is 111 Å². The van der Waals surface area contributed by atoms with Gasteiger partial charge in [-0.25, -0.2) is 15.0 Å². The summed E-state index contributed by atoms with van der Waals surface area (Å²) in [5.41, 5.74) is 3.92. The van der Waals surface area contributed by atoms with Crippen LogP contribution in [0.4, 0.5) is 5.82 Å². The van der Waals surface area contributed by atoms with Crippen molar-refractivity contribution in [2.75, 3.05) is 64.0 Å². The normalized spacial score (nSPS) is 16.5. The number of aliphatic hydroxyl groups excluding tert-OH is 1. The predicted octanol–water partition coefficient (Wildman–Crippen LogP) is 2.27. The minimum absolute atomic E-state index is 0.196. The van der Waals surface area contributed by atoms with E-state index in [9.17, 15) is 4.79 Å². The molecular weight excluding hydrogens is 502 g/mol. The second-order valence-electron chi connectivity index (χ2n) is 9.25. The summed E-state index contributed by atoms with van der Waals surface area (Å²) in [6.07, 6.45) is 11.7. The van der Waals surface area contributed by atoms with E-state index in [1.165, 1.54) is 10.4 Å². The number of morpholine rings is 1. The maximum atomic E-state index is 11.8. The molecule has 0 saturated carbocycles. The number of carbonyl (C=O) groups is 1. The summed E-state index contributed by atoms with van der Waals surface area (Å²) in [4.78, 5) is 37.3. The number of carbonyl (C=O) groups excluding carboxylic acids is 1. The van der Waals surface area contributed by atoms with E-state index in [1.54, 1.807) is 16.2 Å². The van der Waals surface area contributed by atoms with Crippen LogP contribution in [0.25, 0.3) is 32.6 Å². The number of rotatable bonds is 5. The molecule has 0 aliphatic carbocycles. The van der Waals surface area contributed by atoms with Gasteiger partial charge in [0.1, 0.15) is 12.3 Å². The Balaban J connectivity index is 0.00000144. The number of piperazine rings is 1. The number of hydrogen-bond acceptors (Lipinski definition) is 9. The molecule has 6 rings (SSSR count). The van der Waals surface area contributed by atoms with Crippen LogP contribution in [0.1, 0.15) is 10.4 Å². The Morgan fingerprint density at radius 1 is 1.16 bits per heavy atom. The van der Waals surface area contributed by atoms with Gasteiger partial charge in [-0.3, -0.25) is 9.69 Å². The molecule has 11 heteroatoms. The third kappa shape index (κ3) is 5.08. The Labute approximate surface area is 225 Å². The van der Waals surface area contributed by atoms with Gasteiger partial charge in [-0.1, -0.05) is 0 Å². The Kier molecular flexibility index (Phi) is 7.85. The highest BCUT2D eigenvalue weighted by molar-refractivity contribution is 7.19. The van der Waals surface area contributed by atoms with E-state index in [-0.39, 0.29) is 5.91 Å². The lowest BCUT2D eigenvalue weighted by molar-refractivity contribution is -0.135. The fourth-order valence-corrected chi connectivity index (χ4v) is 6.21. The minimum atomic E-state index is -0.423. The Morgan fingerprint density at radius 2 is 1.92 bits per heavy atom. The van der Waals surface area contributed by atoms with E-state index in [1.807, 2.05) is 18.5 Å². The van der Waals surface area contributed by atoms with E-state index < -0.39 is 6.61 Å². The molecule has 0 spiro atoms. The van der Waals surface area contributed by atoms with Gasteiger partial charge in [-0.15, -0.1) is 24.2 Å². The Bertz CT molecular complexity index is 1450. The van der Waals surface area contributed by atoms with Crippen LogP contribution in [-0.2, 0) is 16.1 Å². The zero-order chi connectivity index (χ0) is 26.6. The number of hydrogen-bond donors (Lipinski definition) is 2. The number of amides is 1. The molecule has 1 amide bonds. The number of fused-ring (bicyclic) bond motifs is 2. The molecule has 4 aromatic rings. The standard InChI is InChI=1S/C25H29N7O3S.C2H2/c1-16-19(14-30-4-6-31(7-5-30)20(34)15-33)36-22-21(16)28-24(29-25(22)32-8-10-35-11-9-32)18-12-17-2-3-26-23(17)27-13-18;1-2/h2-3,12-13,33H,4-11,14-15H2,1H3,(H,26,27);1-2H. The molecule has 2 aliphatic heterocycles. The van der Waals surface area contributed by atoms with Crippen molar-refractivity contribution in [3.05, 3.63) is 35.0 Å². The molecule has 2 saturated heterocycles. The molecule has 0 radical (unpaired) electrons.